The van der Waals surface area contributed by atoms with Crippen LogP contribution in [0.5, 0.6) is 0 Å². The van der Waals surface area contributed by atoms with Gasteiger partial charge < -0.3 is 10.2 Å². The van der Waals surface area contributed by atoms with Gasteiger partial charge in [-0.15, -0.1) is 0 Å². The summed E-state index contributed by atoms with van der Waals surface area (Å²) in [5.74, 6) is 0.0688. The predicted octanol–water partition coefficient (Wildman–Crippen LogP) is 1.14. The van der Waals surface area contributed by atoms with E-state index in [1.165, 1.54) is 0 Å². The Balaban J connectivity index is 1.62. The Morgan fingerprint density at radius 3 is 3.10 bits per heavy atom. The van der Waals surface area contributed by atoms with E-state index in [1.54, 1.807) is 0 Å². The average Bonchev–Trinajstić information content (AvgIpc) is 2.96. The highest BCUT2D eigenvalue weighted by Gasteiger charge is 2.15. The van der Waals surface area contributed by atoms with Crippen LogP contribution in [0.3, 0.4) is 0 Å². The minimum Gasteiger partial charge on any atom is -0.352 e. The number of amides is 1. The number of hydrogen-bond donors (Lipinski definition) is 3. The first kappa shape index (κ1) is 16.2. The smallest absolute Gasteiger partial charge is 0.221 e. The lowest BCUT2D eigenvalue weighted by Crippen LogP contribution is -2.39. The van der Waals surface area contributed by atoms with E-state index in [2.05, 4.69) is 21.1 Å². The van der Waals surface area contributed by atoms with Crippen LogP contribution in [0.25, 0.3) is 0 Å². The molecule has 0 aromatic heterocycles. The van der Waals surface area contributed by atoms with Gasteiger partial charge in [-0.2, -0.15) is 0 Å². The molecule has 1 aliphatic heterocycles. The van der Waals surface area contributed by atoms with Gasteiger partial charge in [0, 0.05) is 43.7 Å². The molecule has 1 unspecified atom stereocenters. The number of nitrogens with one attached hydrogen (secondary N) is 3. The number of halogens is 1. The third-order valence-corrected chi connectivity index (χ3v) is 3.79. The normalized spacial score (nSPS) is 18.1. The molecule has 1 aromatic rings. The lowest BCUT2D eigenvalue weighted by molar-refractivity contribution is -0.121. The Hall–Kier alpha value is -1.14. The molecule has 6 heteroatoms. The zero-order valence-corrected chi connectivity index (χ0v) is 13.1. The van der Waals surface area contributed by atoms with E-state index in [0.717, 1.165) is 31.6 Å². The minimum absolute atomic E-state index is 0.0688. The molecule has 0 aliphatic carbocycles. The van der Waals surface area contributed by atoms with Gasteiger partial charge in [0.05, 0.1) is 0 Å². The number of hydrazine groups is 1. The van der Waals surface area contributed by atoms with Crippen LogP contribution in [0.1, 0.15) is 18.4 Å². The Morgan fingerprint density at radius 2 is 2.38 bits per heavy atom. The van der Waals surface area contributed by atoms with Crippen LogP contribution in [0.4, 0.5) is 0 Å². The zero-order valence-electron chi connectivity index (χ0n) is 12.4. The SMILES string of the molecule is CN(CCC(=O)NCc1cccc(Cl)c1)CC1CCNN1. The molecule has 5 nitrogen and oxygen atoms in total. The topological polar surface area (TPSA) is 56.4 Å². The molecule has 1 aliphatic rings. The van der Waals surface area contributed by atoms with Crippen molar-refractivity contribution in [2.45, 2.75) is 25.4 Å². The Kier molecular flexibility index (Phi) is 6.45. The molecule has 0 spiro atoms. The third kappa shape index (κ3) is 6.01. The van der Waals surface area contributed by atoms with Crippen LogP contribution >= 0.6 is 11.6 Å². The molecule has 1 fully saturated rings. The molecule has 1 atom stereocenters. The number of likely N-dealkylation sites (N-methyl/N-ethyl adjacent to an activating group) is 1. The number of nitrogens with zero attached hydrogens (tertiary/aromatic N) is 1. The summed E-state index contributed by atoms with van der Waals surface area (Å²) in [6, 6.07) is 8.02. The molecule has 0 radical (unpaired) electrons. The van der Waals surface area contributed by atoms with E-state index in [1.807, 2.05) is 31.3 Å². The molecular formula is C15H23ClN4O. The first-order chi connectivity index (χ1) is 10.1. The lowest BCUT2D eigenvalue weighted by Gasteiger charge is -2.20. The number of hydrogen-bond acceptors (Lipinski definition) is 4. The zero-order chi connectivity index (χ0) is 15.1. The summed E-state index contributed by atoms with van der Waals surface area (Å²) in [5.41, 5.74) is 7.36. The maximum atomic E-state index is 11.8. The predicted molar refractivity (Wildman–Crippen MR) is 85.0 cm³/mol. The fourth-order valence-electron chi connectivity index (χ4n) is 2.37. The van der Waals surface area contributed by atoms with Gasteiger partial charge in [0.25, 0.3) is 0 Å². The molecular weight excluding hydrogens is 288 g/mol. The second-order valence-corrected chi connectivity index (χ2v) is 5.91. The van der Waals surface area contributed by atoms with E-state index in [0.29, 0.717) is 24.0 Å². The maximum Gasteiger partial charge on any atom is 0.221 e. The van der Waals surface area contributed by atoms with Crippen molar-refractivity contribution >= 4 is 17.5 Å². The molecule has 1 heterocycles. The van der Waals surface area contributed by atoms with Crippen molar-refractivity contribution in [1.29, 1.82) is 0 Å². The Bertz CT molecular complexity index is 463. The Morgan fingerprint density at radius 1 is 1.52 bits per heavy atom. The summed E-state index contributed by atoms with van der Waals surface area (Å²) in [7, 11) is 2.05. The van der Waals surface area contributed by atoms with Crippen LogP contribution in [0.15, 0.2) is 24.3 Å². The summed E-state index contributed by atoms with van der Waals surface area (Å²) in [6.45, 7) is 3.25. The van der Waals surface area contributed by atoms with Gasteiger partial charge >= 0.3 is 0 Å². The number of benzene rings is 1. The maximum absolute atomic E-state index is 11.8. The number of carbonyl (C=O) groups is 1. The highest BCUT2D eigenvalue weighted by atomic mass is 35.5. The van der Waals surface area contributed by atoms with Gasteiger partial charge in [0.1, 0.15) is 0 Å². The van der Waals surface area contributed by atoms with Crippen LogP contribution in [-0.4, -0.2) is 43.5 Å². The van der Waals surface area contributed by atoms with E-state index >= 15 is 0 Å². The molecule has 1 aromatic carbocycles. The van der Waals surface area contributed by atoms with Crippen LogP contribution in [-0.2, 0) is 11.3 Å². The largest absolute Gasteiger partial charge is 0.352 e. The minimum atomic E-state index is 0.0688. The van der Waals surface area contributed by atoms with E-state index < -0.39 is 0 Å². The van der Waals surface area contributed by atoms with E-state index in [9.17, 15) is 4.79 Å². The highest BCUT2D eigenvalue weighted by Crippen LogP contribution is 2.10. The quantitative estimate of drug-likeness (QED) is 0.707. The summed E-state index contributed by atoms with van der Waals surface area (Å²) in [5, 5.41) is 3.62. The van der Waals surface area contributed by atoms with Crippen molar-refractivity contribution in [1.82, 2.24) is 21.1 Å². The van der Waals surface area contributed by atoms with Crippen LogP contribution < -0.4 is 16.2 Å². The molecule has 21 heavy (non-hydrogen) atoms. The second kappa shape index (κ2) is 8.34. The van der Waals surface area contributed by atoms with Crippen molar-refractivity contribution in [2.24, 2.45) is 0 Å². The molecule has 116 valence electrons. The molecule has 0 bridgehead atoms. The number of carbonyl (C=O) groups excluding carboxylic acids is 1. The summed E-state index contributed by atoms with van der Waals surface area (Å²) < 4.78 is 0. The molecule has 3 N–H and O–H groups in total. The van der Waals surface area contributed by atoms with Gasteiger partial charge in [-0.1, -0.05) is 23.7 Å². The third-order valence-electron chi connectivity index (χ3n) is 3.56. The first-order valence-electron chi connectivity index (χ1n) is 7.31. The van der Waals surface area contributed by atoms with Gasteiger partial charge in [0.15, 0.2) is 0 Å². The Labute approximate surface area is 131 Å². The molecule has 2 rings (SSSR count). The van der Waals surface area contributed by atoms with Gasteiger partial charge in [-0.05, 0) is 31.2 Å². The molecule has 0 saturated carbocycles. The fraction of sp³-hybridized carbons (Fsp3) is 0.533. The second-order valence-electron chi connectivity index (χ2n) is 5.48. The fourth-order valence-corrected chi connectivity index (χ4v) is 2.58. The standard InChI is InChI=1S/C15H23ClN4O/c1-20(11-14-5-7-18-19-14)8-6-15(21)17-10-12-3-2-4-13(16)9-12/h2-4,9,14,18-19H,5-8,10-11H2,1H3,(H,17,21). The van der Waals surface area contributed by atoms with Crippen molar-refractivity contribution in [3.05, 3.63) is 34.9 Å². The summed E-state index contributed by atoms with van der Waals surface area (Å²) in [4.78, 5) is 14.0. The van der Waals surface area contributed by atoms with Crippen molar-refractivity contribution in [3.8, 4) is 0 Å². The summed E-state index contributed by atoms with van der Waals surface area (Å²) in [6.07, 6.45) is 1.64. The van der Waals surface area contributed by atoms with Gasteiger partial charge in [-0.25, -0.2) is 0 Å². The summed E-state index contributed by atoms with van der Waals surface area (Å²) >= 11 is 5.91. The van der Waals surface area contributed by atoms with Crippen molar-refractivity contribution in [2.75, 3.05) is 26.7 Å². The van der Waals surface area contributed by atoms with Crippen molar-refractivity contribution in [3.63, 3.8) is 0 Å². The van der Waals surface area contributed by atoms with E-state index in [-0.39, 0.29) is 5.91 Å². The highest BCUT2D eigenvalue weighted by molar-refractivity contribution is 6.30. The average molecular weight is 311 g/mol. The molecule has 1 amide bonds. The van der Waals surface area contributed by atoms with E-state index in [4.69, 9.17) is 11.6 Å². The lowest BCUT2D eigenvalue weighted by atomic mass is 10.2. The van der Waals surface area contributed by atoms with Gasteiger partial charge in [-0.3, -0.25) is 15.6 Å². The first-order valence-corrected chi connectivity index (χ1v) is 7.69. The van der Waals surface area contributed by atoms with Crippen LogP contribution in [0, 0.1) is 0 Å². The monoisotopic (exact) mass is 310 g/mol. The van der Waals surface area contributed by atoms with Crippen molar-refractivity contribution < 1.29 is 4.79 Å². The van der Waals surface area contributed by atoms with Crippen LogP contribution in [0.2, 0.25) is 5.02 Å². The molecule has 1 saturated heterocycles. The number of rotatable bonds is 7. The van der Waals surface area contributed by atoms with Gasteiger partial charge in [0.2, 0.25) is 5.91 Å².